The van der Waals surface area contributed by atoms with Gasteiger partial charge in [0.25, 0.3) is 0 Å². The van der Waals surface area contributed by atoms with Gasteiger partial charge in [0.05, 0.1) is 5.92 Å². The second-order valence-electron chi connectivity index (χ2n) is 7.21. The number of amides is 1. The molecule has 1 aromatic heterocycles. The molecule has 1 N–H and O–H groups in total. The van der Waals surface area contributed by atoms with Crippen LogP contribution < -0.4 is 10.2 Å². The Morgan fingerprint density at radius 1 is 1.37 bits per heavy atom. The maximum atomic E-state index is 12.6. The molecular formula is C21H28N4OS. The van der Waals surface area contributed by atoms with Crippen molar-refractivity contribution in [2.24, 2.45) is 5.92 Å². The van der Waals surface area contributed by atoms with Crippen LogP contribution in [0.25, 0.3) is 0 Å². The van der Waals surface area contributed by atoms with Crippen molar-refractivity contribution >= 4 is 23.5 Å². The van der Waals surface area contributed by atoms with Gasteiger partial charge in [0, 0.05) is 36.4 Å². The molecule has 0 unspecified atom stereocenters. The fourth-order valence-electron chi connectivity index (χ4n) is 3.24. The Hall–Kier alpha value is -2.08. The molecule has 0 bridgehead atoms. The average Bonchev–Trinajstić information content (AvgIpc) is 2.68. The molecule has 2 aromatic rings. The highest BCUT2D eigenvalue weighted by atomic mass is 32.2. The highest BCUT2D eigenvalue weighted by Gasteiger charge is 2.28. The van der Waals surface area contributed by atoms with E-state index in [2.05, 4.69) is 65.2 Å². The number of anilines is 1. The molecule has 1 saturated heterocycles. The number of nitrogens with one attached hydrogen (secondary N) is 1. The zero-order valence-electron chi connectivity index (χ0n) is 16.3. The fraction of sp³-hybridized carbons (Fsp3) is 0.476. The van der Waals surface area contributed by atoms with Gasteiger partial charge < -0.3 is 10.2 Å². The summed E-state index contributed by atoms with van der Waals surface area (Å²) in [5.41, 5.74) is 1.23. The van der Waals surface area contributed by atoms with E-state index in [1.54, 1.807) is 24.2 Å². The quantitative estimate of drug-likeness (QED) is 0.814. The van der Waals surface area contributed by atoms with Gasteiger partial charge in [-0.05, 0) is 45.2 Å². The summed E-state index contributed by atoms with van der Waals surface area (Å²) in [6.45, 7) is 7.84. The van der Waals surface area contributed by atoms with Crippen molar-refractivity contribution in [3.63, 3.8) is 0 Å². The summed E-state index contributed by atoms with van der Waals surface area (Å²) in [6, 6.07) is 8.62. The highest BCUT2D eigenvalue weighted by molar-refractivity contribution is 7.99. The summed E-state index contributed by atoms with van der Waals surface area (Å²) >= 11 is 1.63. The molecule has 0 aliphatic carbocycles. The second kappa shape index (κ2) is 9.22. The molecule has 1 aromatic carbocycles. The standard InChI is InChI=1S/C21H28N4OS/c1-4-16(3)24-20(26)17-8-6-12-25(14-17)19-21(23-11-10-22-19)27-18-9-5-7-15(2)13-18/h5,7,9-11,13,16-17H,4,6,8,12,14H2,1-3H3,(H,24,26)/t16-,17-/m1/s1. The molecule has 0 saturated carbocycles. The Kier molecular flexibility index (Phi) is 6.72. The first-order valence-electron chi connectivity index (χ1n) is 9.67. The molecule has 2 heterocycles. The molecule has 1 amide bonds. The Morgan fingerprint density at radius 2 is 2.19 bits per heavy atom. The zero-order valence-corrected chi connectivity index (χ0v) is 17.1. The molecule has 0 spiro atoms. The first-order valence-corrected chi connectivity index (χ1v) is 10.5. The van der Waals surface area contributed by atoms with Crippen molar-refractivity contribution in [2.45, 2.75) is 56.0 Å². The van der Waals surface area contributed by atoms with Crippen molar-refractivity contribution in [3.8, 4) is 0 Å². The SMILES string of the molecule is CC[C@@H](C)NC(=O)[C@@H]1CCCN(c2nccnc2Sc2cccc(C)c2)C1. The second-order valence-corrected chi connectivity index (χ2v) is 8.27. The Morgan fingerprint density at radius 3 is 2.96 bits per heavy atom. The maximum Gasteiger partial charge on any atom is 0.225 e. The van der Waals surface area contributed by atoms with Crippen LogP contribution in [0.15, 0.2) is 46.6 Å². The third kappa shape index (κ3) is 5.22. The summed E-state index contributed by atoms with van der Waals surface area (Å²) < 4.78 is 0. The molecule has 0 radical (unpaired) electrons. The van der Waals surface area contributed by atoms with Gasteiger partial charge in [-0.3, -0.25) is 4.79 Å². The topological polar surface area (TPSA) is 58.1 Å². The third-order valence-electron chi connectivity index (χ3n) is 4.94. The van der Waals surface area contributed by atoms with Crippen molar-refractivity contribution in [2.75, 3.05) is 18.0 Å². The fourth-order valence-corrected chi connectivity index (χ4v) is 4.24. The molecule has 144 valence electrons. The van der Waals surface area contributed by atoms with E-state index < -0.39 is 0 Å². The monoisotopic (exact) mass is 384 g/mol. The van der Waals surface area contributed by atoms with Crippen LogP contribution in [0.2, 0.25) is 0 Å². The van der Waals surface area contributed by atoms with Gasteiger partial charge in [-0.1, -0.05) is 36.4 Å². The number of carbonyl (C=O) groups is 1. The molecule has 1 fully saturated rings. The number of nitrogens with zero attached hydrogens (tertiary/aromatic N) is 3. The minimum Gasteiger partial charge on any atom is -0.354 e. The molecule has 2 atom stereocenters. The van der Waals surface area contributed by atoms with Crippen LogP contribution in [0.3, 0.4) is 0 Å². The van der Waals surface area contributed by atoms with Crippen molar-refractivity contribution in [1.29, 1.82) is 0 Å². The first kappa shape index (κ1) is 19.7. The third-order valence-corrected chi connectivity index (χ3v) is 5.91. The molecule has 1 aliphatic rings. The Bertz CT molecular complexity index is 782. The summed E-state index contributed by atoms with van der Waals surface area (Å²) in [5.74, 6) is 1.04. The maximum absolute atomic E-state index is 12.6. The smallest absolute Gasteiger partial charge is 0.225 e. The summed E-state index contributed by atoms with van der Waals surface area (Å²) in [5, 5.41) is 4.02. The van der Waals surface area contributed by atoms with E-state index >= 15 is 0 Å². The van der Waals surface area contributed by atoms with E-state index in [0.717, 1.165) is 41.5 Å². The Labute approximate surface area is 166 Å². The summed E-state index contributed by atoms with van der Waals surface area (Å²) in [6.07, 6.45) is 6.34. The van der Waals surface area contributed by atoms with Gasteiger partial charge in [-0.2, -0.15) is 0 Å². The van der Waals surface area contributed by atoms with E-state index in [1.807, 2.05) is 0 Å². The number of hydrogen-bond donors (Lipinski definition) is 1. The molecule has 5 nitrogen and oxygen atoms in total. The van der Waals surface area contributed by atoms with Gasteiger partial charge in [0.15, 0.2) is 5.82 Å². The van der Waals surface area contributed by atoms with Crippen LogP contribution in [-0.4, -0.2) is 35.0 Å². The molecule has 3 rings (SSSR count). The van der Waals surface area contributed by atoms with Crippen LogP contribution in [0.1, 0.15) is 38.7 Å². The van der Waals surface area contributed by atoms with Crippen molar-refractivity contribution in [1.82, 2.24) is 15.3 Å². The van der Waals surface area contributed by atoms with Crippen LogP contribution in [-0.2, 0) is 4.79 Å². The lowest BCUT2D eigenvalue weighted by Crippen LogP contribution is -2.45. The molecule has 6 heteroatoms. The number of benzene rings is 1. The van der Waals surface area contributed by atoms with E-state index in [0.29, 0.717) is 6.54 Å². The van der Waals surface area contributed by atoms with Crippen LogP contribution in [0, 0.1) is 12.8 Å². The minimum atomic E-state index is 0.00609. The van der Waals surface area contributed by atoms with Gasteiger partial charge >= 0.3 is 0 Å². The lowest BCUT2D eigenvalue weighted by Gasteiger charge is -2.33. The Balaban J connectivity index is 1.75. The minimum absolute atomic E-state index is 0.00609. The van der Waals surface area contributed by atoms with Crippen molar-refractivity contribution in [3.05, 3.63) is 42.2 Å². The number of hydrogen-bond acceptors (Lipinski definition) is 5. The van der Waals surface area contributed by atoms with Crippen molar-refractivity contribution < 1.29 is 4.79 Å². The van der Waals surface area contributed by atoms with Crippen LogP contribution >= 0.6 is 11.8 Å². The van der Waals surface area contributed by atoms with Gasteiger partial charge in [-0.25, -0.2) is 9.97 Å². The number of aromatic nitrogens is 2. The van der Waals surface area contributed by atoms with Crippen LogP contribution in [0.5, 0.6) is 0 Å². The molecular weight excluding hydrogens is 356 g/mol. The lowest BCUT2D eigenvalue weighted by molar-refractivity contribution is -0.125. The van der Waals surface area contributed by atoms with E-state index in [-0.39, 0.29) is 17.9 Å². The van der Waals surface area contributed by atoms with Crippen LogP contribution in [0.4, 0.5) is 5.82 Å². The van der Waals surface area contributed by atoms with Gasteiger partial charge in [0.2, 0.25) is 5.91 Å². The number of aryl methyl sites for hydroxylation is 1. The first-order chi connectivity index (χ1) is 13.1. The lowest BCUT2D eigenvalue weighted by atomic mass is 9.96. The van der Waals surface area contributed by atoms with Gasteiger partial charge in [-0.15, -0.1) is 0 Å². The zero-order chi connectivity index (χ0) is 19.2. The number of carbonyl (C=O) groups excluding carboxylic acids is 1. The predicted octanol–water partition coefficient (Wildman–Crippen LogP) is 4.07. The largest absolute Gasteiger partial charge is 0.354 e. The highest BCUT2D eigenvalue weighted by Crippen LogP contribution is 2.34. The van der Waals surface area contributed by atoms with E-state index in [9.17, 15) is 4.79 Å². The number of piperidine rings is 1. The van der Waals surface area contributed by atoms with E-state index in [1.165, 1.54) is 5.56 Å². The molecule has 27 heavy (non-hydrogen) atoms. The predicted molar refractivity (Wildman–Crippen MR) is 110 cm³/mol. The number of rotatable bonds is 6. The average molecular weight is 385 g/mol. The molecule has 1 aliphatic heterocycles. The summed E-state index contributed by atoms with van der Waals surface area (Å²) in [7, 11) is 0. The summed E-state index contributed by atoms with van der Waals surface area (Å²) in [4.78, 5) is 25.1. The van der Waals surface area contributed by atoms with E-state index in [4.69, 9.17) is 0 Å². The normalized spacial score (nSPS) is 18.2. The van der Waals surface area contributed by atoms with Gasteiger partial charge in [0.1, 0.15) is 5.03 Å².